The highest BCUT2D eigenvalue weighted by Crippen LogP contribution is 2.63. The molecule has 0 saturated heterocycles. The summed E-state index contributed by atoms with van der Waals surface area (Å²) in [6, 6.07) is 21.2. The van der Waals surface area contributed by atoms with Crippen molar-refractivity contribution in [2.75, 3.05) is 10.6 Å². The molecule has 1 heterocycles. The van der Waals surface area contributed by atoms with Gasteiger partial charge in [-0.25, -0.2) is 4.39 Å². The molecule has 1 amide bonds. The van der Waals surface area contributed by atoms with E-state index < -0.39 is 5.82 Å². The Morgan fingerprint density at radius 2 is 1.81 bits per heavy atom. The molecule has 2 bridgehead atoms. The highest BCUT2D eigenvalue weighted by Gasteiger charge is 2.53. The molecule has 5 atom stereocenters. The lowest BCUT2D eigenvalue weighted by molar-refractivity contribution is 0.102. The van der Waals surface area contributed by atoms with Gasteiger partial charge >= 0.3 is 0 Å². The van der Waals surface area contributed by atoms with Crippen molar-refractivity contribution < 1.29 is 9.18 Å². The van der Waals surface area contributed by atoms with E-state index in [0.717, 1.165) is 11.6 Å². The molecule has 0 unspecified atom stereocenters. The Bertz CT molecular complexity index is 1200. The number of hydrogen-bond acceptors (Lipinski definition) is 2. The average molecular weight is 447 g/mol. The summed E-state index contributed by atoms with van der Waals surface area (Å²) in [5, 5.41) is 6.65. The van der Waals surface area contributed by atoms with Crippen LogP contribution in [0, 0.1) is 23.6 Å². The lowest BCUT2D eigenvalue weighted by atomic mass is 9.68. The van der Waals surface area contributed by atoms with Crippen LogP contribution in [0.25, 0.3) is 0 Å². The molecule has 3 aliphatic rings. The van der Waals surface area contributed by atoms with Crippen LogP contribution in [0.3, 0.4) is 0 Å². The van der Waals surface area contributed by atoms with E-state index >= 15 is 0 Å². The summed E-state index contributed by atoms with van der Waals surface area (Å²) in [6.07, 6.45) is 3.86. The van der Waals surface area contributed by atoms with Gasteiger partial charge in [-0.15, -0.1) is 0 Å². The van der Waals surface area contributed by atoms with Crippen LogP contribution >= 0.6 is 11.6 Å². The van der Waals surface area contributed by atoms with Crippen LogP contribution in [-0.4, -0.2) is 5.91 Å². The van der Waals surface area contributed by atoms with Gasteiger partial charge < -0.3 is 10.6 Å². The van der Waals surface area contributed by atoms with Crippen LogP contribution in [0.4, 0.5) is 15.8 Å². The number of halogens is 2. The maximum Gasteiger partial charge on any atom is 0.255 e. The highest BCUT2D eigenvalue weighted by atomic mass is 35.5. The molecule has 1 aliphatic heterocycles. The van der Waals surface area contributed by atoms with E-state index in [9.17, 15) is 9.18 Å². The summed E-state index contributed by atoms with van der Waals surface area (Å²) in [5.41, 5.74) is 4.84. The first-order valence-electron chi connectivity index (χ1n) is 11.3. The van der Waals surface area contributed by atoms with E-state index in [0.29, 0.717) is 35.0 Å². The molecular formula is C27H24ClFN2O. The van der Waals surface area contributed by atoms with E-state index in [1.807, 2.05) is 12.1 Å². The second-order valence-corrected chi connectivity index (χ2v) is 9.76. The molecule has 32 heavy (non-hydrogen) atoms. The van der Waals surface area contributed by atoms with Gasteiger partial charge in [-0.3, -0.25) is 4.79 Å². The number of fused-ring (bicyclic) bond motifs is 7. The molecule has 3 aromatic rings. The SMILES string of the molecule is O=C(Nc1ccc(F)c(Cl)c1)c1ccc2c(c1)[C@@H]1[C@H]3CC[C@@H](C3)[C@H]1[C@H](c1ccccc1)N2. The number of carbonyl (C=O) groups excluding carboxylic acids is 1. The Balaban J connectivity index is 1.34. The number of rotatable bonds is 3. The molecule has 0 radical (unpaired) electrons. The Kier molecular flexibility index (Phi) is 4.72. The number of carbonyl (C=O) groups is 1. The summed E-state index contributed by atoms with van der Waals surface area (Å²) in [7, 11) is 0. The van der Waals surface area contributed by atoms with Crippen molar-refractivity contribution in [1.29, 1.82) is 0 Å². The van der Waals surface area contributed by atoms with Gasteiger partial charge in [0.2, 0.25) is 0 Å². The van der Waals surface area contributed by atoms with E-state index in [1.165, 1.54) is 48.6 Å². The van der Waals surface area contributed by atoms with E-state index in [-0.39, 0.29) is 10.9 Å². The van der Waals surface area contributed by atoms with Gasteiger partial charge in [0.25, 0.3) is 5.91 Å². The van der Waals surface area contributed by atoms with Gasteiger partial charge in [0.1, 0.15) is 5.82 Å². The Morgan fingerprint density at radius 3 is 2.62 bits per heavy atom. The molecule has 3 aromatic carbocycles. The van der Waals surface area contributed by atoms with Crippen molar-refractivity contribution >= 4 is 28.9 Å². The standard InChI is InChI=1S/C27H24ClFN2O/c28-21-14-19(9-10-22(21)29)30-27(32)18-8-11-23-20(13-18)24-16-6-7-17(12-16)25(24)26(31-23)15-4-2-1-3-5-15/h1-5,8-11,13-14,16-17,24-26,31H,6-7,12H2,(H,30,32)/t16-,17-,24-,25+,26-/m0/s1. The van der Waals surface area contributed by atoms with E-state index in [4.69, 9.17) is 11.6 Å². The quantitative estimate of drug-likeness (QED) is 0.453. The van der Waals surface area contributed by atoms with Gasteiger partial charge in [-0.1, -0.05) is 41.9 Å². The molecule has 162 valence electrons. The summed E-state index contributed by atoms with van der Waals surface area (Å²) in [5.74, 6) is 1.74. The van der Waals surface area contributed by atoms with Gasteiger partial charge in [0, 0.05) is 16.9 Å². The third kappa shape index (κ3) is 3.20. The molecule has 2 N–H and O–H groups in total. The molecule has 0 spiro atoms. The molecule has 5 heteroatoms. The number of nitrogens with one attached hydrogen (secondary N) is 2. The average Bonchev–Trinajstić information content (AvgIpc) is 3.44. The fraction of sp³-hybridized carbons (Fsp3) is 0.296. The molecule has 6 rings (SSSR count). The van der Waals surface area contributed by atoms with Crippen LogP contribution < -0.4 is 10.6 Å². The van der Waals surface area contributed by atoms with Crippen molar-refractivity contribution in [3.05, 3.63) is 94.3 Å². The first kappa shape index (κ1) is 19.8. The van der Waals surface area contributed by atoms with Crippen LogP contribution in [0.5, 0.6) is 0 Å². The Morgan fingerprint density at radius 1 is 1.00 bits per heavy atom. The van der Waals surface area contributed by atoms with Gasteiger partial charge in [-0.05, 0) is 90.5 Å². The second-order valence-electron chi connectivity index (χ2n) is 9.35. The molecular weight excluding hydrogens is 423 g/mol. The van der Waals surface area contributed by atoms with E-state index in [1.54, 1.807) is 0 Å². The first-order chi connectivity index (χ1) is 15.6. The van der Waals surface area contributed by atoms with E-state index in [2.05, 4.69) is 47.0 Å². The third-order valence-electron chi connectivity index (χ3n) is 7.69. The van der Waals surface area contributed by atoms with Crippen molar-refractivity contribution in [2.24, 2.45) is 17.8 Å². The van der Waals surface area contributed by atoms with Crippen molar-refractivity contribution in [1.82, 2.24) is 0 Å². The number of benzene rings is 3. The fourth-order valence-corrected chi connectivity index (χ4v) is 6.58. The minimum atomic E-state index is -0.500. The smallest absolute Gasteiger partial charge is 0.255 e. The zero-order valence-corrected chi connectivity index (χ0v) is 18.3. The lowest BCUT2D eigenvalue weighted by Crippen LogP contribution is -2.35. The number of hydrogen-bond donors (Lipinski definition) is 2. The van der Waals surface area contributed by atoms with Gasteiger partial charge in [0.05, 0.1) is 11.1 Å². The van der Waals surface area contributed by atoms with Gasteiger partial charge in [-0.2, -0.15) is 0 Å². The predicted molar refractivity (Wildman–Crippen MR) is 126 cm³/mol. The minimum absolute atomic E-state index is 0.00535. The van der Waals surface area contributed by atoms with Crippen molar-refractivity contribution in [2.45, 2.75) is 31.2 Å². The molecule has 0 aromatic heterocycles. The molecule has 2 saturated carbocycles. The normalized spacial score (nSPS) is 27.4. The van der Waals surface area contributed by atoms with Gasteiger partial charge in [0.15, 0.2) is 0 Å². The summed E-state index contributed by atoms with van der Waals surface area (Å²) >= 11 is 5.86. The third-order valence-corrected chi connectivity index (χ3v) is 7.98. The zero-order valence-electron chi connectivity index (χ0n) is 17.5. The topological polar surface area (TPSA) is 41.1 Å². The maximum absolute atomic E-state index is 13.4. The lowest BCUT2D eigenvalue weighted by Gasteiger charge is -2.43. The van der Waals surface area contributed by atoms with Crippen LogP contribution in [-0.2, 0) is 0 Å². The predicted octanol–water partition coefficient (Wildman–Crippen LogP) is 7.03. The summed E-state index contributed by atoms with van der Waals surface area (Å²) in [4.78, 5) is 13.0. The summed E-state index contributed by atoms with van der Waals surface area (Å²) in [6.45, 7) is 0. The molecule has 3 nitrogen and oxygen atoms in total. The van der Waals surface area contributed by atoms with Crippen molar-refractivity contribution in [3.63, 3.8) is 0 Å². The van der Waals surface area contributed by atoms with Crippen LogP contribution in [0.15, 0.2) is 66.7 Å². The first-order valence-corrected chi connectivity index (χ1v) is 11.7. The second kappa shape index (κ2) is 7.63. The monoisotopic (exact) mass is 446 g/mol. The summed E-state index contributed by atoms with van der Waals surface area (Å²) < 4.78 is 13.4. The Hall–Kier alpha value is -2.85. The van der Waals surface area contributed by atoms with Crippen LogP contribution in [0.1, 0.15) is 52.7 Å². The zero-order chi connectivity index (χ0) is 21.8. The van der Waals surface area contributed by atoms with Crippen LogP contribution in [0.2, 0.25) is 5.02 Å². The molecule has 2 aliphatic carbocycles. The Labute approximate surface area is 192 Å². The highest BCUT2D eigenvalue weighted by molar-refractivity contribution is 6.31. The fourth-order valence-electron chi connectivity index (χ4n) is 6.39. The maximum atomic E-state index is 13.4. The van der Waals surface area contributed by atoms with Crippen molar-refractivity contribution in [3.8, 4) is 0 Å². The number of amides is 1. The minimum Gasteiger partial charge on any atom is -0.378 e. The number of anilines is 2. The molecule has 2 fully saturated rings. The largest absolute Gasteiger partial charge is 0.378 e.